The normalized spacial score (nSPS) is 16.9. The number of rotatable bonds is 5. The Morgan fingerprint density at radius 1 is 1.19 bits per heavy atom. The van der Waals surface area contributed by atoms with Crippen LogP contribution in [0.15, 0.2) is 42.5 Å². The van der Waals surface area contributed by atoms with E-state index in [2.05, 4.69) is 15.5 Å². The second-order valence-corrected chi connectivity index (χ2v) is 6.95. The van der Waals surface area contributed by atoms with Gasteiger partial charge in [-0.05, 0) is 55.3 Å². The Labute approximate surface area is 158 Å². The van der Waals surface area contributed by atoms with Gasteiger partial charge in [0.05, 0.1) is 5.92 Å². The minimum Gasteiger partial charge on any atom is -0.359 e. The number of carbonyl (C=O) groups excluding carboxylic acids is 2. The van der Waals surface area contributed by atoms with Crippen molar-refractivity contribution in [1.82, 2.24) is 10.2 Å². The lowest BCUT2D eigenvalue weighted by Crippen LogP contribution is -2.30. The molecule has 1 heterocycles. The molecule has 6 heteroatoms. The first-order valence-electron chi connectivity index (χ1n) is 9.06. The summed E-state index contributed by atoms with van der Waals surface area (Å²) in [6.07, 6.45) is 0.868. The fraction of sp³-hybridized carbons (Fsp3) is 0.333. The van der Waals surface area contributed by atoms with E-state index in [0.717, 1.165) is 37.2 Å². The summed E-state index contributed by atoms with van der Waals surface area (Å²) in [6, 6.07) is 11.7. The Bertz CT molecular complexity index is 836. The highest BCUT2D eigenvalue weighted by atomic mass is 19.1. The average molecular weight is 369 g/mol. The van der Waals surface area contributed by atoms with Crippen molar-refractivity contribution in [2.45, 2.75) is 19.9 Å². The van der Waals surface area contributed by atoms with Crippen molar-refractivity contribution >= 4 is 17.5 Å². The summed E-state index contributed by atoms with van der Waals surface area (Å²) in [7, 11) is 1.67. The van der Waals surface area contributed by atoms with Crippen molar-refractivity contribution in [3.05, 3.63) is 65.0 Å². The second-order valence-electron chi connectivity index (χ2n) is 6.95. The van der Waals surface area contributed by atoms with Crippen LogP contribution in [-0.2, 0) is 11.3 Å². The number of amides is 2. The van der Waals surface area contributed by atoms with Crippen LogP contribution in [0.4, 0.5) is 10.1 Å². The van der Waals surface area contributed by atoms with Crippen LogP contribution in [0.1, 0.15) is 27.9 Å². The Morgan fingerprint density at radius 3 is 2.63 bits per heavy atom. The Balaban J connectivity index is 1.59. The van der Waals surface area contributed by atoms with Gasteiger partial charge in [0.15, 0.2) is 0 Å². The molecule has 1 aliphatic heterocycles. The summed E-state index contributed by atoms with van der Waals surface area (Å²) in [5.74, 6) is -0.505. The third kappa shape index (κ3) is 4.71. The predicted octanol–water partition coefficient (Wildman–Crippen LogP) is 2.95. The van der Waals surface area contributed by atoms with Crippen molar-refractivity contribution in [2.24, 2.45) is 5.92 Å². The van der Waals surface area contributed by atoms with E-state index in [0.29, 0.717) is 11.3 Å². The van der Waals surface area contributed by atoms with E-state index in [1.54, 1.807) is 25.2 Å². The molecular weight excluding hydrogens is 345 g/mol. The Kier molecular flexibility index (Phi) is 5.86. The molecule has 1 aliphatic rings. The van der Waals surface area contributed by atoms with Crippen LogP contribution in [0.2, 0.25) is 0 Å². The Morgan fingerprint density at radius 2 is 1.93 bits per heavy atom. The zero-order chi connectivity index (χ0) is 19.4. The van der Waals surface area contributed by atoms with Gasteiger partial charge in [0.1, 0.15) is 5.82 Å². The zero-order valence-electron chi connectivity index (χ0n) is 15.6. The minimum absolute atomic E-state index is 0.0505. The van der Waals surface area contributed by atoms with Gasteiger partial charge in [-0.2, -0.15) is 0 Å². The van der Waals surface area contributed by atoms with Crippen LogP contribution in [-0.4, -0.2) is 36.9 Å². The first kappa shape index (κ1) is 19.0. The van der Waals surface area contributed by atoms with E-state index in [1.165, 1.54) is 12.1 Å². The maximum Gasteiger partial charge on any atom is 0.255 e. The highest BCUT2D eigenvalue weighted by Crippen LogP contribution is 2.20. The molecule has 3 rings (SSSR count). The standard InChI is InChI=1S/C21H24FN3O2/c1-14-3-8-18(22)11-19(14)24-21(27)16-6-4-15(5-7-16)12-25-10-9-17(13-25)20(26)23-2/h3-8,11,17H,9-10,12-13H2,1-2H3,(H,23,26)(H,24,27). The van der Waals surface area contributed by atoms with E-state index >= 15 is 0 Å². The molecule has 0 saturated carbocycles. The third-order valence-corrected chi connectivity index (χ3v) is 4.96. The maximum atomic E-state index is 13.4. The van der Waals surface area contributed by atoms with E-state index in [4.69, 9.17) is 0 Å². The van der Waals surface area contributed by atoms with Gasteiger partial charge >= 0.3 is 0 Å². The first-order chi connectivity index (χ1) is 13.0. The molecule has 2 amide bonds. The smallest absolute Gasteiger partial charge is 0.255 e. The van der Waals surface area contributed by atoms with Gasteiger partial charge in [-0.15, -0.1) is 0 Å². The predicted molar refractivity (Wildman–Crippen MR) is 103 cm³/mol. The van der Waals surface area contributed by atoms with Gasteiger partial charge in [0.25, 0.3) is 5.91 Å². The van der Waals surface area contributed by atoms with Gasteiger partial charge in [-0.3, -0.25) is 14.5 Å². The summed E-state index contributed by atoms with van der Waals surface area (Å²) in [5.41, 5.74) is 2.89. The molecule has 2 aromatic carbocycles. The van der Waals surface area contributed by atoms with Crippen LogP contribution < -0.4 is 10.6 Å². The topological polar surface area (TPSA) is 61.4 Å². The van der Waals surface area contributed by atoms with Gasteiger partial charge < -0.3 is 10.6 Å². The van der Waals surface area contributed by atoms with Crippen molar-refractivity contribution in [2.75, 3.05) is 25.5 Å². The highest BCUT2D eigenvalue weighted by Gasteiger charge is 2.27. The molecule has 0 radical (unpaired) electrons. The molecule has 1 fully saturated rings. The van der Waals surface area contributed by atoms with Crippen LogP contribution >= 0.6 is 0 Å². The Hall–Kier alpha value is -2.73. The lowest BCUT2D eigenvalue weighted by atomic mass is 10.1. The lowest BCUT2D eigenvalue weighted by Gasteiger charge is -2.16. The minimum atomic E-state index is -0.382. The SMILES string of the molecule is CNC(=O)C1CCN(Cc2ccc(C(=O)Nc3cc(F)ccc3C)cc2)C1. The maximum absolute atomic E-state index is 13.4. The van der Waals surface area contributed by atoms with Gasteiger partial charge in [0.2, 0.25) is 5.91 Å². The summed E-state index contributed by atoms with van der Waals surface area (Å²) in [5, 5.41) is 5.46. The number of nitrogens with one attached hydrogen (secondary N) is 2. The van der Waals surface area contributed by atoms with Gasteiger partial charge in [-0.25, -0.2) is 4.39 Å². The number of anilines is 1. The fourth-order valence-electron chi connectivity index (χ4n) is 3.34. The molecule has 0 aromatic heterocycles. The van der Waals surface area contributed by atoms with Gasteiger partial charge in [0, 0.05) is 31.4 Å². The quantitative estimate of drug-likeness (QED) is 0.852. The summed E-state index contributed by atoms with van der Waals surface area (Å²) in [6.45, 7) is 4.21. The second kappa shape index (κ2) is 8.31. The number of hydrogen-bond donors (Lipinski definition) is 2. The molecule has 1 unspecified atom stereocenters. The molecule has 27 heavy (non-hydrogen) atoms. The third-order valence-electron chi connectivity index (χ3n) is 4.96. The van der Waals surface area contributed by atoms with Crippen LogP contribution in [0.5, 0.6) is 0 Å². The molecule has 5 nitrogen and oxygen atoms in total. The number of likely N-dealkylation sites (tertiary alicyclic amines) is 1. The van der Waals surface area contributed by atoms with E-state index < -0.39 is 0 Å². The number of carbonyl (C=O) groups is 2. The van der Waals surface area contributed by atoms with Crippen LogP contribution in [0.3, 0.4) is 0 Å². The number of nitrogens with zero attached hydrogens (tertiary/aromatic N) is 1. The molecule has 0 spiro atoms. The number of benzene rings is 2. The van der Waals surface area contributed by atoms with E-state index in [-0.39, 0.29) is 23.5 Å². The first-order valence-corrected chi connectivity index (χ1v) is 9.06. The highest BCUT2D eigenvalue weighted by molar-refractivity contribution is 6.04. The monoisotopic (exact) mass is 369 g/mol. The van der Waals surface area contributed by atoms with Crippen molar-refractivity contribution in [1.29, 1.82) is 0 Å². The van der Waals surface area contributed by atoms with Crippen molar-refractivity contribution in [3.63, 3.8) is 0 Å². The molecule has 1 atom stereocenters. The van der Waals surface area contributed by atoms with E-state index in [1.807, 2.05) is 19.1 Å². The van der Waals surface area contributed by atoms with Crippen LogP contribution in [0.25, 0.3) is 0 Å². The zero-order valence-corrected chi connectivity index (χ0v) is 15.6. The fourth-order valence-corrected chi connectivity index (χ4v) is 3.34. The molecule has 1 saturated heterocycles. The number of aryl methyl sites for hydroxylation is 1. The molecule has 2 aromatic rings. The van der Waals surface area contributed by atoms with E-state index in [9.17, 15) is 14.0 Å². The molecule has 2 N–H and O–H groups in total. The van der Waals surface area contributed by atoms with Gasteiger partial charge in [-0.1, -0.05) is 18.2 Å². The molecular formula is C21H24FN3O2. The number of hydrogen-bond acceptors (Lipinski definition) is 3. The molecule has 142 valence electrons. The molecule has 0 aliphatic carbocycles. The summed E-state index contributed by atoms with van der Waals surface area (Å²) >= 11 is 0. The van der Waals surface area contributed by atoms with Crippen molar-refractivity contribution < 1.29 is 14.0 Å². The summed E-state index contributed by atoms with van der Waals surface area (Å²) < 4.78 is 13.4. The average Bonchev–Trinajstić information content (AvgIpc) is 3.13. The van der Waals surface area contributed by atoms with Crippen LogP contribution in [0, 0.1) is 18.7 Å². The largest absolute Gasteiger partial charge is 0.359 e. The number of halogens is 1. The van der Waals surface area contributed by atoms with Crippen molar-refractivity contribution in [3.8, 4) is 0 Å². The lowest BCUT2D eigenvalue weighted by molar-refractivity contribution is -0.124. The summed E-state index contributed by atoms with van der Waals surface area (Å²) in [4.78, 5) is 26.4. The molecule has 0 bridgehead atoms.